The van der Waals surface area contributed by atoms with Gasteiger partial charge in [-0.15, -0.1) is 0 Å². The van der Waals surface area contributed by atoms with Crippen molar-refractivity contribution < 1.29 is 4.74 Å². The van der Waals surface area contributed by atoms with Crippen LogP contribution in [0.1, 0.15) is 38.7 Å². The highest BCUT2D eigenvalue weighted by atomic mass is 16.5. The number of hydrogen-bond donors (Lipinski definition) is 1. The average molecular weight is 249 g/mol. The maximum Gasteiger partial charge on any atom is 0.0590 e. The molecule has 1 aromatic rings. The highest BCUT2D eigenvalue weighted by molar-refractivity contribution is 5.14. The van der Waals surface area contributed by atoms with Gasteiger partial charge in [0.15, 0.2) is 0 Å². The summed E-state index contributed by atoms with van der Waals surface area (Å²) in [5, 5.41) is 3.50. The molecule has 0 bridgehead atoms. The van der Waals surface area contributed by atoms with Gasteiger partial charge in [0, 0.05) is 19.2 Å². The number of hydrogen-bond acceptors (Lipinski definition) is 2. The Kier molecular flexibility index (Phi) is 8.53. The molecule has 0 aliphatic carbocycles. The molecular formula is C16H27NO. The van der Waals surface area contributed by atoms with Crippen molar-refractivity contribution in [2.24, 2.45) is 0 Å². The highest BCUT2D eigenvalue weighted by Crippen LogP contribution is 2.04. The van der Waals surface area contributed by atoms with Gasteiger partial charge >= 0.3 is 0 Å². The van der Waals surface area contributed by atoms with Crippen molar-refractivity contribution in [1.29, 1.82) is 0 Å². The van der Waals surface area contributed by atoms with Crippen molar-refractivity contribution >= 4 is 0 Å². The Bertz CT molecular complexity index is 286. The first-order chi connectivity index (χ1) is 8.83. The Morgan fingerprint density at radius 2 is 1.94 bits per heavy atom. The maximum atomic E-state index is 5.52. The highest BCUT2D eigenvalue weighted by Gasteiger charge is 2.01. The standard InChI is InChI=1S/C16H27NO/c1-3-4-13-18-14-12-17-15(2)10-11-16-8-6-5-7-9-16/h5-9,15,17H,3-4,10-14H2,1-2H3. The fourth-order valence-corrected chi connectivity index (χ4v) is 1.86. The van der Waals surface area contributed by atoms with Crippen molar-refractivity contribution in [1.82, 2.24) is 5.32 Å². The van der Waals surface area contributed by atoms with E-state index in [0.29, 0.717) is 6.04 Å². The molecule has 1 N–H and O–H groups in total. The molecule has 2 nitrogen and oxygen atoms in total. The smallest absolute Gasteiger partial charge is 0.0590 e. The minimum atomic E-state index is 0.556. The lowest BCUT2D eigenvalue weighted by Gasteiger charge is -2.13. The summed E-state index contributed by atoms with van der Waals surface area (Å²) in [5.74, 6) is 0. The van der Waals surface area contributed by atoms with Gasteiger partial charge in [0.2, 0.25) is 0 Å². The van der Waals surface area contributed by atoms with Crippen molar-refractivity contribution in [2.75, 3.05) is 19.8 Å². The minimum absolute atomic E-state index is 0.556. The van der Waals surface area contributed by atoms with Gasteiger partial charge in [0.1, 0.15) is 0 Å². The first kappa shape index (κ1) is 15.2. The molecule has 1 unspecified atom stereocenters. The fraction of sp³-hybridized carbons (Fsp3) is 0.625. The summed E-state index contributed by atoms with van der Waals surface area (Å²) in [6.45, 7) is 7.12. The van der Waals surface area contributed by atoms with E-state index in [4.69, 9.17) is 4.74 Å². The zero-order valence-electron chi connectivity index (χ0n) is 11.8. The first-order valence-electron chi connectivity index (χ1n) is 7.18. The van der Waals surface area contributed by atoms with Gasteiger partial charge in [-0.3, -0.25) is 0 Å². The number of benzene rings is 1. The molecule has 1 atom stereocenters. The third kappa shape index (κ3) is 7.46. The summed E-state index contributed by atoms with van der Waals surface area (Å²) in [5.41, 5.74) is 1.42. The molecule has 0 saturated carbocycles. The molecular weight excluding hydrogens is 222 g/mol. The number of ether oxygens (including phenoxy) is 1. The van der Waals surface area contributed by atoms with E-state index >= 15 is 0 Å². The minimum Gasteiger partial charge on any atom is -0.380 e. The Morgan fingerprint density at radius 1 is 1.17 bits per heavy atom. The van der Waals surface area contributed by atoms with E-state index in [-0.39, 0.29) is 0 Å². The Morgan fingerprint density at radius 3 is 2.67 bits per heavy atom. The van der Waals surface area contributed by atoms with Crippen LogP contribution < -0.4 is 5.32 Å². The lowest BCUT2D eigenvalue weighted by atomic mass is 10.1. The Hall–Kier alpha value is -0.860. The second kappa shape index (κ2) is 10.1. The quantitative estimate of drug-likeness (QED) is 0.642. The Labute approximate surface area is 112 Å². The molecule has 0 heterocycles. The zero-order chi connectivity index (χ0) is 13.1. The molecule has 0 aliphatic rings. The molecule has 0 amide bonds. The topological polar surface area (TPSA) is 21.3 Å². The van der Waals surface area contributed by atoms with Crippen LogP contribution in [0.2, 0.25) is 0 Å². The van der Waals surface area contributed by atoms with Crippen LogP contribution in [-0.4, -0.2) is 25.8 Å². The Balaban J connectivity index is 1.99. The summed E-state index contributed by atoms with van der Waals surface area (Å²) < 4.78 is 5.52. The predicted octanol–water partition coefficient (Wildman–Crippen LogP) is 3.41. The number of aryl methyl sites for hydroxylation is 1. The van der Waals surface area contributed by atoms with Crippen LogP contribution in [0.15, 0.2) is 30.3 Å². The van der Waals surface area contributed by atoms with Gasteiger partial charge in [-0.05, 0) is 31.7 Å². The van der Waals surface area contributed by atoms with Gasteiger partial charge in [-0.2, -0.15) is 0 Å². The first-order valence-corrected chi connectivity index (χ1v) is 7.18. The fourth-order valence-electron chi connectivity index (χ4n) is 1.86. The zero-order valence-corrected chi connectivity index (χ0v) is 11.8. The second-order valence-corrected chi connectivity index (χ2v) is 4.85. The number of unbranched alkanes of at least 4 members (excludes halogenated alkanes) is 1. The van der Waals surface area contributed by atoms with Crippen LogP contribution in [0.4, 0.5) is 0 Å². The molecule has 0 aliphatic heterocycles. The molecule has 102 valence electrons. The van der Waals surface area contributed by atoms with Crippen LogP contribution in [0.5, 0.6) is 0 Å². The predicted molar refractivity (Wildman–Crippen MR) is 78.0 cm³/mol. The largest absolute Gasteiger partial charge is 0.380 e. The van der Waals surface area contributed by atoms with E-state index in [9.17, 15) is 0 Å². The SMILES string of the molecule is CCCCOCCNC(C)CCc1ccccc1. The number of nitrogens with one attached hydrogen (secondary N) is 1. The number of rotatable bonds is 10. The molecule has 0 radical (unpaired) electrons. The summed E-state index contributed by atoms with van der Waals surface area (Å²) in [4.78, 5) is 0. The second-order valence-electron chi connectivity index (χ2n) is 4.85. The average Bonchev–Trinajstić information content (AvgIpc) is 2.41. The molecule has 1 aromatic carbocycles. The van der Waals surface area contributed by atoms with E-state index in [1.165, 1.54) is 24.8 Å². The van der Waals surface area contributed by atoms with E-state index in [0.717, 1.165) is 26.2 Å². The summed E-state index contributed by atoms with van der Waals surface area (Å²) in [7, 11) is 0. The van der Waals surface area contributed by atoms with E-state index in [2.05, 4.69) is 49.5 Å². The van der Waals surface area contributed by atoms with Gasteiger partial charge in [-0.1, -0.05) is 43.7 Å². The summed E-state index contributed by atoms with van der Waals surface area (Å²) >= 11 is 0. The van der Waals surface area contributed by atoms with E-state index in [1.54, 1.807) is 0 Å². The van der Waals surface area contributed by atoms with Gasteiger partial charge in [0.05, 0.1) is 6.61 Å². The van der Waals surface area contributed by atoms with Crippen molar-refractivity contribution in [3.05, 3.63) is 35.9 Å². The molecule has 0 saturated heterocycles. The van der Waals surface area contributed by atoms with Crippen LogP contribution in [0.3, 0.4) is 0 Å². The van der Waals surface area contributed by atoms with Crippen LogP contribution >= 0.6 is 0 Å². The van der Waals surface area contributed by atoms with Crippen LogP contribution in [0, 0.1) is 0 Å². The third-order valence-electron chi connectivity index (χ3n) is 3.09. The molecule has 2 heteroatoms. The molecule has 0 aromatic heterocycles. The van der Waals surface area contributed by atoms with Crippen LogP contribution in [-0.2, 0) is 11.2 Å². The molecule has 0 fully saturated rings. The molecule has 1 rings (SSSR count). The monoisotopic (exact) mass is 249 g/mol. The van der Waals surface area contributed by atoms with Gasteiger partial charge in [-0.25, -0.2) is 0 Å². The van der Waals surface area contributed by atoms with Gasteiger partial charge < -0.3 is 10.1 Å². The van der Waals surface area contributed by atoms with E-state index < -0.39 is 0 Å². The normalized spacial score (nSPS) is 12.6. The summed E-state index contributed by atoms with van der Waals surface area (Å²) in [6, 6.07) is 11.2. The molecule has 18 heavy (non-hydrogen) atoms. The van der Waals surface area contributed by atoms with Crippen molar-refractivity contribution in [3.8, 4) is 0 Å². The lowest BCUT2D eigenvalue weighted by molar-refractivity contribution is 0.131. The third-order valence-corrected chi connectivity index (χ3v) is 3.09. The van der Waals surface area contributed by atoms with E-state index in [1.807, 2.05) is 0 Å². The van der Waals surface area contributed by atoms with Crippen molar-refractivity contribution in [2.45, 2.75) is 45.6 Å². The van der Waals surface area contributed by atoms with Gasteiger partial charge in [0.25, 0.3) is 0 Å². The summed E-state index contributed by atoms with van der Waals surface area (Å²) in [6.07, 6.45) is 4.70. The maximum absolute atomic E-state index is 5.52. The van der Waals surface area contributed by atoms with Crippen LogP contribution in [0.25, 0.3) is 0 Å². The van der Waals surface area contributed by atoms with Crippen molar-refractivity contribution in [3.63, 3.8) is 0 Å². The molecule has 0 spiro atoms. The lowest BCUT2D eigenvalue weighted by Crippen LogP contribution is -2.30.